The molecule has 120 valence electrons. The summed E-state index contributed by atoms with van der Waals surface area (Å²) in [5.74, 6) is 0.0847. The number of aromatic nitrogens is 2. The molecule has 0 aliphatic rings. The minimum absolute atomic E-state index is 0.0710. The van der Waals surface area contributed by atoms with Crippen molar-refractivity contribution >= 4 is 23.0 Å². The third kappa shape index (κ3) is 2.92. The minimum atomic E-state index is -0.734. The molecule has 0 atom stereocenters. The number of nitrogens with zero attached hydrogens (tertiary/aromatic N) is 4. The summed E-state index contributed by atoms with van der Waals surface area (Å²) in [7, 11) is 0. The summed E-state index contributed by atoms with van der Waals surface area (Å²) in [5, 5.41) is 26.0. The second-order valence-corrected chi connectivity index (χ2v) is 5.06. The predicted octanol–water partition coefficient (Wildman–Crippen LogP) is 3.87. The van der Waals surface area contributed by atoms with Crippen molar-refractivity contribution in [1.29, 1.82) is 0 Å². The Morgan fingerprint density at radius 1 is 1.00 bits per heavy atom. The van der Waals surface area contributed by atoms with E-state index in [1.54, 1.807) is 24.3 Å². The fourth-order valence-corrected chi connectivity index (χ4v) is 2.24. The fourth-order valence-electron chi connectivity index (χ4n) is 2.02. The Labute approximate surface area is 138 Å². The van der Waals surface area contributed by atoms with Crippen LogP contribution in [0.5, 0.6) is 0 Å². The molecule has 0 spiro atoms. The van der Waals surface area contributed by atoms with Crippen LogP contribution in [0.2, 0.25) is 5.02 Å². The zero-order chi connectivity index (χ0) is 17.3. The van der Waals surface area contributed by atoms with E-state index in [1.165, 1.54) is 0 Å². The van der Waals surface area contributed by atoms with Crippen LogP contribution >= 0.6 is 11.6 Å². The quantitative estimate of drug-likeness (QED) is 0.518. The lowest BCUT2D eigenvalue weighted by molar-refractivity contribution is -0.394. The van der Waals surface area contributed by atoms with Crippen LogP contribution in [0.1, 0.15) is 0 Å². The number of non-ortho nitro benzene ring substituents is 2. The number of rotatable bonds is 4. The summed E-state index contributed by atoms with van der Waals surface area (Å²) in [4.78, 5) is 24.5. The molecule has 3 aromatic rings. The van der Waals surface area contributed by atoms with Gasteiger partial charge < -0.3 is 4.52 Å². The molecule has 0 N–H and O–H groups in total. The first kappa shape index (κ1) is 15.6. The van der Waals surface area contributed by atoms with Gasteiger partial charge in [0.15, 0.2) is 0 Å². The number of benzene rings is 2. The molecule has 0 bridgehead atoms. The summed E-state index contributed by atoms with van der Waals surface area (Å²) in [6, 6.07) is 9.88. The Morgan fingerprint density at radius 2 is 1.62 bits per heavy atom. The standard InChI is InChI=1S/C14H7ClN4O5/c15-12-4-2-1-3-11(12)13-16-14(24-17-13)8-5-9(18(20)21)7-10(6-8)19(22)23/h1-7H. The molecule has 0 aliphatic carbocycles. The van der Waals surface area contributed by atoms with Crippen LogP contribution in [0.3, 0.4) is 0 Å². The maximum Gasteiger partial charge on any atom is 0.277 e. The molecule has 9 nitrogen and oxygen atoms in total. The highest BCUT2D eigenvalue weighted by molar-refractivity contribution is 6.33. The molecule has 0 saturated carbocycles. The molecule has 0 fully saturated rings. The molecule has 0 radical (unpaired) electrons. The van der Waals surface area contributed by atoms with Gasteiger partial charge in [-0.15, -0.1) is 0 Å². The molecule has 3 rings (SSSR count). The summed E-state index contributed by atoms with van der Waals surface area (Å²) in [5.41, 5.74) is -0.316. The molecule has 2 aromatic carbocycles. The van der Waals surface area contributed by atoms with Gasteiger partial charge in [0.25, 0.3) is 17.3 Å². The van der Waals surface area contributed by atoms with Gasteiger partial charge >= 0.3 is 0 Å². The van der Waals surface area contributed by atoms with E-state index in [1.807, 2.05) is 0 Å². The Hall–Kier alpha value is -3.33. The number of halogens is 1. The number of nitro benzene ring substituents is 2. The average molecular weight is 347 g/mol. The molecule has 0 saturated heterocycles. The van der Waals surface area contributed by atoms with Crippen molar-refractivity contribution in [3.63, 3.8) is 0 Å². The van der Waals surface area contributed by atoms with Crippen molar-refractivity contribution in [2.24, 2.45) is 0 Å². The van der Waals surface area contributed by atoms with Crippen LogP contribution in [0.25, 0.3) is 22.8 Å². The number of nitro groups is 2. The van der Waals surface area contributed by atoms with E-state index in [4.69, 9.17) is 16.1 Å². The lowest BCUT2D eigenvalue weighted by Crippen LogP contribution is -1.94. The Morgan fingerprint density at radius 3 is 2.21 bits per heavy atom. The highest BCUT2D eigenvalue weighted by Crippen LogP contribution is 2.31. The van der Waals surface area contributed by atoms with Crippen molar-refractivity contribution in [3.05, 3.63) is 67.7 Å². The van der Waals surface area contributed by atoms with Gasteiger partial charge in [-0.3, -0.25) is 20.2 Å². The topological polar surface area (TPSA) is 125 Å². The van der Waals surface area contributed by atoms with Gasteiger partial charge in [-0.25, -0.2) is 0 Å². The molecule has 10 heteroatoms. The van der Waals surface area contributed by atoms with Crippen molar-refractivity contribution in [1.82, 2.24) is 10.1 Å². The molecule has 24 heavy (non-hydrogen) atoms. The fraction of sp³-hybridized carbons (Fsp3) is 0. The van der Waals surface area contributed by atoms with Gasteiger partial charge in [-0.1, -0.05) is 28.9 Å². The third-order valence-corrected chi connectivity index (χ3v) is 3.44. The summed E-state index contributed by atoms with van der Waals surface area (Å²) in [6.45, 7) is 0. The summed E-state index contributed by atoms with van der Waals surface area (Å²) < 4.78 is 5.06. The molecule has 0 amide bonds. The third-order valence-electron chi connectivity index (χ3n) is 3.11. The second-order valence-electron chi connectivity index (χ2n) is 4.66. The van der Waals surface area contributed by atoms with E-state index in [2.05, 4.69) is 10.1 Å². The van der Waals surface area contributed by atoms with E-state index < -0.39 is 21.2 Å². The minimum Gasteiger partial charge on any atom is -0.334 e. The zero-order valence-corrected chi connectivity index (χ0v) is 12.5. The average Bonchev–Trinajstić information content (AvgIpc) is 3.04. The molecular weight excluding hydrogens is 340 g/mol. The molecule has 1 heterocycles. The van der Waals surface area contributed by atoms with E-state index in [0.29, 0.717) is 10.6 Å². The Bertz CT molecular complexity index is 924. The van der Waals surface area contributed by atoms with E-state index in [0.717, 1.165) is 18.2 Å². The summed E-state index contributed by atoms with van der Waals surface area (Å²) in [6.07, 6.45) is 0. The zero-order valence-electron chi connectivity index (χ0n) is 11.7. The lowest BCUT2D eigenvalue weighted by atomic mass is 10.1. The van der Waals surface area contributed by atoms with E-state index in [-0.39, 0.29) is 17.3 Å². The lowest BCUT2D eigenvalue weighted by Gasteiger charge is -1.97. The Kier molecular flexibility index (Phi) is 3.92. The van der Waals surface area contributed by atoms with Crippen molar-refractivity contribution < 1.29 is 14.4 Å². The molecule has 0 unspecified atom stereocenters. The van der Waals surface area contributed by atoms with Crippen LogP contribution in [-0.2, 0) is 0 Å². The van der Waals surface area contributed by atoms with Crippen molar-refractivity contribution in [3.8, 4) is 22.8 Å². The first-order chi connectivity index (χ1) is 11.5. The summed E-state index contributed by atoms with van der Waals surface area (Å²) >= 11 is 6.05. The maximum atomic E-state index is 10.9. The SMILES string of the molecule is O=[N+]([O-])c1cc(-c2nc(-c3ccccc3Cl)no2)cc([N+](=O)[O-])c1. The van der Waals surface area contributed by atoms with Gasteiger partial charge in [0.1, 0.15) is 0 Å². The normalized spacial score (nSPS) is 10.5. The second kappa shape index (κ2) is 6.05. The highest BCUT2D eigenvalue weighted by atomic mass is 35.5. The number of hydrogen-bond acceptors (Lipinski definition) is 7. The van der Waals surface area contributed by atoms with Crippen LogP contribution in [0, 0.1) is 20.2 Å². The first-order valence-corrected chi connectivity index (χ1v) is 6.86. The first-order valence-electron chi connectivity index (χ1n) is 6.48. The highest BCUT2D eigenvalue weighted by Gasteiger charge is 2.21. The van der Waals surface area contributed by atoms with E-state index >= 15 is 0 Å². The van der Waals surface area contributed by atoms with Crippen LogP contribution < -0.4 is 0 Å². The smallest absolute Gasteiger partial charge is 0.277 e. The monoisotopic (exact) mass is 346 g/mol. The molecule has 1 aromatic heterocycles. The number of hydrogen-bond donors (Lipinski definition) is 0. The van der Waals surface area contributed by atoms with Gasteiger partial charge in [0.05, 0.1) is 26.5 Å². The van der Waals surface area contributed by atoms with Gasteiger partial charge in [0.2, 0.25) is 5.82 Å². The van der Waals surface area contributed by atoms with Gasteiger partial charge in [0, 0.05) is 17.7 Å². The maximum absolute atomic E-state index is 10.9. The Balaban J connectivity index is 2.09. The van der Waals surface area contributed by atoms with Crippen molar-refractivity contribution in [2.45, 2.75) is 0 Å². The van der Waals surface area contributed by atoms with Crippen LogP contribution in [-0.4, -0.2) is 20.0 Å². The van der Waals surface area contributed by atoms with Crippen LogP contribution in [0.4, 0.5) is 11.4 Å². The van der Waals surface area contributed by atoms with Crippen LogP contribution in [0.15, 0.2) is 47.0 Å². The predicted molar refractivity (Wildman–Crippen MR) is 83.5 cm³/mol. The molecular formula is C14H7ClN4O5. The largest absolute Gasteiger partial charge is 0.334 e. The van der Waals surface area contributed by atoms with Gasteiger partial charge in [-0.2, -0.15) is 4.98 Å². The van der Waals surface area contributed by atoms with Gasteiger partial charge in [-0.05, 0) is 12.1 Å². The van der Waals surface area contributed by atoms with E-state index in [9.17, 15) is 20.2 Å². The van der Waals surface area contributed by atoms with Crippen molar-refractivity contribution in [2.75, 3.05) is 0 Å². The molecule has 0 aliphatic heterocycles.